The Morgan fingerprint density at radius 1 is 1.12 bits per heavy atom. The summed E-state index contributed by atoms with van der Waals surface area (Å²) in [5.74, 6) is -1.05. The second-order valence-electron chi connectivity index (χ2n) is 5.60. The second-order valence-corrected chi connectivity index (χ2v) is 5.60. The molecule has 1 heterocycles. The van der Waals surface area contributed by atoms with Gasteiger partial charge in [0.25, 0.3) is 11.5 Å². The van der Waals surface area contributed by atoms with Gasteiger partial charge in [-0.15, -0.1) is 11.3 Å². The summed E-state index contributed by atoms with van der Waals surface area (Å²) in [4.78, 5) is 30.7. The molecule has 0 fully saturated rings. The zero-order valence-electron chi connectivity index (χ0n) is 14.0. The Labute approximate surface area is 149 Å². The van der Waals surface area contributed by atoms with E-state index in [2.05, 4.69) is 11.9 Å². The summed E-state index contributed by atoms with van der Waals surface area (Å²) in [6.45, 7) is 3.85. The fraction of sp³-hybridized carbons (Fsp3) is 0.100. The van der Waals surface area contributed by atoms with E-state index in [1.165, 1.54) is 6.08 Å². The van der Waals surface area contributed by atoms with Crippen molar-refractivity contribution in [2.45, 2.75) is 6.61 Å². The first-order chi connectivity index (χ1) is 12.6. The number of carbonyl (C=O) groups excluding carboxylic acids is 1. The molecule has 0 aliphatic rings. The molecular formula is C20H18N2O4. The van der Waals surface area contributed by atoms with Crippen LogP contribution in [0, 0.1) is 0 Å². The summed E-state index contributed by atoms with van der Waals surface area (Å²) in [6, 6.07) is 15.8. The van der Waals surface area contributed by atoms with E-state index in [-0.39, 0.29) is 24.1 Å². The normalized spacial score (nSPS) is 10.5. The lowest BCUT2D eigenvalue weighted by Gasteiger charge is -2.15. The summed E-state index contributed by atoms with van der Waals surface area (Å²) in [6.07, 6.45) is 1.53. The number of carbonyl (C=O) groups is 1. The van der Waals surface area contributed by atoms with Crippen LogP contribution in [0.4, 0.5) is 0 Å². The van der Waals surface area contributed by atoms with E-state index in [0.29, 0.717) is 5.39 Å². The number of amides is 1. The Balaban J connectivity index is 2.09. The highest BCUT2D eigenvalue weighted by molar-refractivity contribution is 6.08. The number of aromatic hydroxyl groups is 1. The van der Waals surface area contributed by atoms with Crippen LogP contribution in [0.5, 0.6) is 5.88 Å². The molecule has 6 nitrogen and oxygen atoms in total. The number of aromatic nitrogens is 1. The third kappa shape index (κ3) is 3.30. The third-order valence-electron chi connectivity index (χ3n) is 3.86. The first kappa shape index (κ1) is 17.3. The number of rotatable bonds is 6. The Morgan fingerprint density at radius 3 is 2.46 bits per heavy atom. The number of fused-ring (bicyclic) bond motifs is 1. The van der Waals surface area contributed by atoms with Gasteiger partial charge in [0, 0.05) is 11.9 Å². The van der Waals surface area contributed by atoms with Crippen LogP contribution < -0.4 is 15.7 Å². The first-order valence-corrected chi connectivity index (χ1v) is 8.06. The highest BCUT2D eigenvalue weighted by Crippen LogP contribution is 2.24. The first-order valence-electron chi connectivity index (χ1n) is 8.06. The zero-order chi connectivity index (χ0) is 18.5. The van der Waals surface area contributed by atoms with Crippen molar-refractivity contribution < 1.29 is 14.7 Å². The van der Waals surface area contributed by atoms with E-state index in [1.54, 1.807) is 24.3 Å². The molecule has 6 heteroatoms. The van der Waals surface area contributed by atoms with Crippen LogP contribution in [0.15, 0.2) is 72.0 Å². The van der Waals surface area contributed by atoms with E-state index in [4.69, 9.17) is 4.84 Å². The SMILES string of the molecule is C=CCNC(=O)c1c(O)n(OCc2ccccc2)c(=O)c2ccccc12. The summed E-state index contributed by atoms with van der Waals surface area (Å²) in [7, 11) is 0. The van der Waals surface area contributed by atoms with Gasteiger partial charge in [-0.25, -0.2) is 0 Å². The summed E-state index contributed by atoms with van der Waals surface area (Å²) in [5.41, 5.74) is 0.272. The van der Waals surface area contributed by atoms with Crippen molar-refractivity contribution >= 4 is 16.7 Å². The summed E-state index contributed by atoms with van der Waals surface area (Å²) in [5, 5.41) is 13.8. The largest absolute Gasteiger partial charge is 0.492 e. The maximum atomic E-state index is 12.7. The average Bonchev–Trinajstić information content (AvgIpc) is 2.67. The molecule has 1 aromatic heterocycles. The van der Waals surface area contributed by atoms with Crippen LogP contribution in [-0.2, 0) is 6.61 Å². The number of nitrogens with zero attached hydrogens (tertiary/aromatic N) is 1. The predicted molar refractivity (Wildman–Crippen MR) is 99.1 cm³/mol. The van der Waals surface area contributed by atoms with Gasteiger partial charge in [-0.1, -0.05) is 54.6 Å². The molecule has 2 aromatic carbocycles. The van der Waals surface area contributed by atoms with Crippen LogP contribution in [0.2, 0.25) is 0 Å². The van der Waals surface area contributed by atoms with Crippen molar-refractivity contribution in [2.24, 2.45) is 0 Å². The van der Waals surface area contributed by atoms with Crippen LogP contribution in [0.1, 0.15) is 15.9 Å². The fourth-order valence-corrected chi connectivity index (χ4v) is 2.63. The van der Waals surface area contributed by atoms with Crippen molar-refractivity contribution in [1.82, 2.24) is 10.0 Å². The highest BCUT2D eigenvalue weighted by atomic mass is 16.7. The van der Waals surface area contributed by atoms with Gasteiger partial charge in [0.15, 0.2) is 0 Å². The summed E-state index contributed by atoms with van der Waals surface area (Å²) < 4.78 is 0.762. The maximum absolute atomic E-state index is 12.7. The zero-order valence-corrected chi connectivity index (χ0v) is 14.0. The standard InChI is InChI=1S/C20H18N2O4/c1-2-12-21-18(23)17-15-10-6-7-11-16(15)19(24)22(20(17)25)26-13-14-8-4-3-5-9-14/h2-11,25H,1,12-13H2,(H,21,23). The topological polar surface area (TPSA) is 80.6 Å². The van der Waals surface area contributed by atoms with E-state index >= 15 is 0 Å². The smallest absolute Gasteiger partial charge is 0.294 e. The summed E-state index contributed by atoms with van der Waals surface area (Å²) >= 11 is 0. The fourth-order valence-electron chi connectivity index (χ4n) is 2.63. The van der Waals surface area contributed by atoms with E-state index in [9.17, 15) is 14.7 Å². The quantitative estimate of drug-likeness (QED) is 0.668. The van der Waals surface area contributed by atoms with Crippen LogP contribution in [0.25, 0.3) is 10.8 Å². The van der Waals surface area contributed by atoms with Gasteiger partial charge in [-0.3, -0.25) is 9.59 Å². The number of pyridine rings is 1. The molecule has 0 spiro atoms. The molecule has 0 aliphatic heterocycles. The molecule has 0 radical (unpaired) electrons. The number of hydrogen-bond donors (Lipinski definition) is 2. The lowest BCUT2D eigenvalue weighted by atomic mass is 10.1. The molecule has 26 heavy (non-hydrogen) atoms. The molecule has 3 aromatic rings. The molecule has 3 rings (SSSR count). The van der Waals surface area contributed by atoms with Crippen molar-refractivity contribution in [3.63, 3.8) is 0 Å². The molecule has 0 unspecified atom stereocenters. The molecule has 2 N–H and O–H groups in total. The van der Waals surface area contributed by atoms with Crippen LogP contribution >= 0.6 is 0 Å². The van der Waals surface area contributed by atoms with Gasteiger partial charge in [-0.2, -0.15) is 0 Å². The molecular weight excluding hydrogens is 332 g/mol. The molecule has 0 aliphatic carbocycles. The highest BCUT2D eigenvalue weighted by Gasteiger charge is 2.22. The van der Waals surface area contributed by atoms with Gasteiger partial charge in [0.2, 0.25) is 5.88 Å². The molecule has 0 saturated carbocycles. The van der Waals surface area contributed by atoms with Gasteiger partial charge in [0.1, 0.15) is 12.2 Å². The van der Waals surface area contributed by atoms with Gasteiger partial charge >= 0.3 is 0 Å². The minimum absolute atomic E-state index is 0.0184. The number of hydrogen-bond acceptors (Lipinski definition) is 4. The van der Waals surface area contributed by atoms with E-state index in [1.807, 2.05) is 30.3 Å². The van der Waals surface area contributed by atoms with Crippen molar-refractivity contribution in [3.05, 3.63) is 88.7 Å². The molecule has 0 atom stereocenters. The molecule has 0 saturated heterocycles. The molecule has 132 valence electrons. The predicted octanol–water partition coefficient (Wildman–Crippen LogP) is 2.25. The molecule has 0 bridgehead atoms. The van der Waals surface area contributed by atoms with Crippen molar-refractivity contribution in [1.29, 1.82) is 0 Å². The Kier molecular flexibility index (Phi) is 5.03. The lowest BCUT2D eigenvalue weighted by Crippen LogP contribution is -2.31. The average molecular weight is 350 g/mol. The number of benzene rings is 2. The minimum atomic E-state index is -0.536. The Hall–Kier alpha value is -3.54. The maximum Gasteiger partial charge on any atom is 0.294 e. The van der Waals surface area contributed by atoms with Crippen LogP contribution in [0.3, 0.4) is 0 Å². The van der Waals surface area contributed by atoms with E-state index < -0.39 is 17.3 Å². The van der Waals surface area contributed by atoms with Gasteiger partial charge in [0.05, 0.1) is 5.39 Å². The number of nitrogens with one attached hydrogen (secondary N) is 1. The van der Waals surface area contributed by atoms with Gasteiger partial charge < -0.3 is 15.3 Å². The second kappa shape index (κ2) is 7.57. The van der Waals surface area contributed by atoms with Crippen molar-refractivity contribution in [3.8, 4) is 5.88 Å². The van der Waals surface area contributed by atoms with Gasteiger partial charge in [-0.05, 0) is 11.6 Å². The van der Waals surface area contributed by atoms with Crippen LogP contribution in [-0.4, -0.2) is 22.3 Å². The van der Waals surface area contributed by atoms with E-state index in [0.717, 1.165) is 10.3 Å². The molecule has 1 amide bonds. The Morgan fingerprint density at radius 2 is 1.77 bits per heavy atom. The Bertz CT molecular complexity index is 1010. The third-order valence-corrected chi connectivity index (χ3v) is 3.86. The monoisotopic (exact) mass is 350 g/mol. The van der Waals surface area contributed by atoms with Crippen molar-refractivity contribution in [2.75, 3.05) is 6.54 Å². The minimum Gasteiger partial charge on any atom is -0.492 e. The lowest BCUT2D eigenvalue weighted by molar-refractivity contribution is 0.0699.